The number of H-pyrrole nitrogens is 1. The number of rotatable bonds is 2. The lowest BCUT2D eigenvalue weighted by molar-refractivity contribution is -0.384. The maximum Gasteiger partial charge on any atom is 0.287 e. The van der Waals surface area contributed by atoms with Gasteiger partial charge in [0, 0.05) is 25.2 Å². The first-order chi connectivity index (χ1) is 7.99. The largest absolute Gasteiger partial charge is 0.351 e. The number of nitro groups is 1. The van der Waals surface area contributed by atoms with Gasteiger partial charge in [0.1, 0.15) is 5.69 Å². The highest BCUT2D eigenvalue weighted by atomic mass is 16.6. The number of hydrogen-bond donors (Lipinski definition) is 2. The monoisotopic (exact) mass is 238 g/mol. The van der Waals surface area contributed by atoms with Gasteiger partial charge in [-0.1, -0.05) is 6.92 Å². The van der Waals surface area contributed by atoms with E-state index in [1.165, 1.54) is 12.3 Å². The Hall–Kier alpha value is -1.89. The van der Waals surface area contributed by atoms with Crippen molar-refractivity contribution >= 4 is 11.6 Å². The highest BCUT2D eigenvalue weighted by Crippen LogP contribution is 2.19. The van der Waals surface area contributed by atoms with Crippen molar-refractivity contribution in [3.63, 3.8) is 0 Å². The summed E-state index contributed by atoms with van der Waals surface area (Å²) in [5.41, 5.74) is 5.95. The molecule has 1 saturated heterocycles. The Morgan fingerprint density at radius 1 is 1.65 bits per heavy atom. The minimum absolute atomic E-state index is 0.0242. The first-order valence-electron chi connectivity index (χ1n) is 5.36. The van der Waals surface area contributed by atoms with Gasteiger partial charge in [0.05, 0.1) is 11.1 Å². The van der Waals surface area contributed by atoms with Gasteiger partial charge in [0.2, 0.25) is 0 Å². The van der Waals surface area contributed by atoms with Crippen LogP contribution in [0.1, 0.15) is 17.4 Å². The maximum atomic E-state index is 12.0. The van der Waals surface area contributed by atoms with Crippen LogP contribution in [0.15, 0.2) is 12.3 Å². The number of nitrogens with zero attached hydrogens (tertiary/aromatic N) is 2. The Balaban J connectivity index is 2.12. The van der Waals surface area contributed by atoms with Gasteiger partial charge in [-0.05, 0) is 5.92 Å². The van der Waals surface area contributed by atoms with Crippen LogP contribution in [0.3, 0.4) is 0 Å². The van der Waals surface area contributed by atoms with Gasteiger partial charge < -0.3 is 15.6 Å². The van der Waals surface area contributed by atoms with E-state index in [1.807, 2.05) is 6.92 Å². The van der Waals surface area contributed by atoms with Gasteiger partial charge in [-0.15, -0.1) is 0 Å². The Morgan fingerprint density at radius 3 is 2.82 bits per heavy atom. The first-order valence-corrected chi connectivity index (χ1v) is 5.36. The molecular weight excluding hydrogens is 224 g/mol. The molecule has 0 radical (unpaired) electrons. The quantitative estimate of drug-likeness (QED) is 0.572. The molecule has 1 amide bonds. The predicted octanol–water partition coefficient (Wildman–Crippen LogP) is 0.342. The summed E-state index contributed by atoms with van der Waals surface area (Å²) in [5, 5.41) is 10.5. The minimum Gasteiger partial charge on any atom is -0.351 e. The molecule has 0 aromatic carbocycles. The number of carbonyl (C=O) groups is 1. The number of carbonyl (C=O) groups excluding carboxylic acids is 1. The van der Waals surface area contributed by atoms with Crippen molar-refractivity contribution in [2.75, 3.05) is 13.1 Å². The molecule has 1 aromatic rings. The Morgan fingerprint density at radius 2 is 2.35 bits per heavy atom. The number of aromatic nitrogens is 1. The molecule has 2 heterocycles. The van der Waals surface area contributed by atoms with Crippen LogP contribution >= 0.6 is 0 Å². The SMILES string of the molecule is CC1CN(C(=O)c2cc([N+](=O)[O-])c[nH]2)CC1N. The summed E-state index contributed by atoms with van der Waals surface area (Å²) in [6.07, 6.45) is 1.21. The number of likely N-dealkylation sites (tertiary alicyclic amines) is 1. The van der Waals surface area contributed by atoms with Crippen LogP contribution in [0.4, 0.5) is 5.69 Å². The molecule has 2 unspecified atom stereocenters. The molecule has 7 heteroatoms. The fraction of sp³-hybridized carbons (Fsp3) is 0.500. The second kappa shape index (κ2) is 4.17. The van der Waals surface area contributed by atoms with Crippen LogP contribution in [0.5, 0.6) is 0 Å². The molecule has 1 aromatic heterocycles. The summed E-state index contributed by atoms with van der Waals surface area (Å²) in [4.78, 5) is 26.2. The number of nitrogens with one attached hydrogen (secondary N) is 1. The summed E-state index contributed by atoms with van der Waals surface area (Å²) >= 11 is 0. The third-order valence-corrected chi connectivity index (χ3v) is 3.07. The standard InChI is InChI=1S/C10H14N4O3/c1-6-4-13(5-8(6)11)10(15)9-2-7(3-12-9)14(16)17/h2-3,6,8,12H,4-5,11H2,1H3. The van der Waals surface area contributed by atoms with Gasteiger partial charge in [0.15, 0.2) is 0 Å². The highest BCUT2D eigenvalue weighted by Gasteiger charge is 2.31. The zero-order chi connectivity index (χ0) is 12.6. The second-order valence-electron chi connectivity index (χ2n) is 4.38. The third-order valence-electron chi connectivity index (χ3n) is 3.07. The van der Waals surface area contributed by atoms with Crippen LogP contribution in [-0.2, 0) is 0 Å². The van der Waals surface area contributed by atoms with Crippen molar-refractivity contribution in [2.45, 2.75) is 13.0 Å². The molecular formula is C10H14N4O3. The Labute approximate surface area is 97.7 Å². The lowest BCUT2D eigenvalue weighted by Crippen LogP contribution is -2.32. The van der Waals surface area contributed by atoms with Crippen molar-refractivity contribution in [3.05, 3.63) is 28.1 Å². The highest BCUT2D eigenvalue weighted by molar-refractivity contribution is 5.93. The van der Waals surface area contributed by atoms with Crippen LogP contribution < -0.4 is 5.73 Å². The van der Waals surface area contributed by atoms with Gasteiger partial charge in [-0.25, -0.2) is 0 Å². The lowest BCUT2D eigenvalue weighted by atomic mass is 10.1. The molecule has 0 aliphatic carbocycles. The van der Waals surface area contributed by atoms with Crippen molar-refractivity contribution in [3.8, 4) is 0 Å². The number of amides is 1. The smallest absolute Gasteiger partial charge is 0.287 e. The molecule has 17 heavy (non-hydrogen) atoms. The predicted molar refractivity (Wildman–Crippen MR) is 60.5 cm³/mol. The van der Waals surface area contributed by atoms with E-state index in [0.29, 0.717) is 13.1 Å². The van der Waals surface area contributed by atoms with Crippen LogP contribution in [0.2, 0.25) is 0 Å². The molecule has 2 atom stereocenters. The molecule has 0 bridgehead atoms. The Bertz CT molecular complexity index is 446. The summed E-state index contributed by atoms with van der Waals surface area (Å²) in [7, 11) is 0. The number of hydrogen-bond acceptors (Lipinski definition) is 4. The average Bonchev–Trinajstić information content (AvgIpc) is 2.86. The fourth-order valence-corrected chi connectivity index (χ4v) is 1.94. The molecule has 1 aliphatic rings. The summed E-state index contributed by atoms with van der Waals surface area (Å²) < 4.78 is 0. The van der Waals surface area contributed by atoms with E-state index in [1.54, 1.807) is 4.90 Å². The van der Waals surface area contributed by atoms with Gasteiger partial charge in [-0.3, -0.25) is 14.9 Å². The van der Waals surface area contributed by atoms with Gasteiger partial charge in [-0.2, -0.15) is 0 Å². The maximum absolute atomic E-state index is 12.0. The van der Waals surface area contributed by atoms with E-state index in [2.05, 4.69) is 4.98 Å². The summed E-state index contributed by atoms with van der Waals surface area (Å²) in [6.45, 7) is 3.06. The topological polar surface area (TPSA) is 105 Å². The zero-order valence-electron chi connectivity index (χ0n) is 9.42. The van der Waals surface area contributed by atoms with Crippen molar-refractivity contribution in [2.24, 2.45) is 11.7 Å². The van der Waals surface area contributed by atoms with Crippen LogP contribution in [0.25, 0.3) is 0 Å². The fourth-order valence-electron chi connectivity index (χ4n) is 1.94. The van der Waals surface area contributed by atoms with Crippen molar-refractivity contribution < 1.29 is 9.72 Å². The lowest BCUT2D eigenvalue weighted by Gasteiger charge is -2.14. The van der Waals surface area contributed by atoms with Crippen molar-refractivity contribution in [1.29, 1.82) is 0 Å². The van der Waals surface area contributed by atoms with Crippen molar-refractivity contribution in [1.82, 2.24) is 9.88 Å². The van der Waals surface area contributed by atoms with E-state index in [-0.39, 0.29) is 29.2 Å². The van der Waals surface area contributed by atoms with E-state index < -0.39 is 4.92 Å². The first kappa shape index (κ1) is 11.6. The minimum atomic E-state index is -0.536. The van der Waals surface area contributed by atoms with Crippen LogP contribution in [0, 0.1) is 16.0 Å². The van der Waals surface area contributed by atoms with E-state index in [9.17, 15) is 14.9 Å². The van der Waals surface area contributed by atoms with E-state index in [0.717, 1.165) is 0 Å². The second-order valence-corrected chi connectivity index (χ2v) is 4.38. The molecule has 0 saturated carbocycles. The average molecular weight is 238 g/mol. The van der Waals surface area contributed by atoms with Crippen LogP contribution in [-0.4, -0.2) is 39.8 Å². The molecule has 7 nitrogen and oxygen atoms in total. The third kappa shape index (κ3) is 2.14. The van der Waals surface area contributed by atoms with E-state index >= 15 is 0 Å². The van der Waals surface area contributed by atoms with Gasteiger partial charge in [0.25, 0.3) is 11.6 Å². The molecule has 92 valence electrons. The summed E-state index contributed by atoms with van der Waals surface area (Å²) in [5.74, 6) is 0.0156. The normalized spacial score (nSPS) is 24.0. The molecule has 2 rings (SSSR count). The number of nitrogens with two attached hydrogens (primary N) is 1. The molecule has 1 fully saturated rings. The molecule has 1 aliphatic heterocycles. The summed E-state index contributed by atoms with van der Waals surface area (Å²) in [6, 6.07) is 1.22. The zero-order valence-corrected chi connectivity index (χ0v) is 9.42. The van der Waals surface area contributed by atoms with E-state index in [4.69, 9.17) is 5.73 Å². The molecule has 3 N–H and O–H groups in total. The number of aromatic amines is 1. The van der Waals surface area contributed by atoms with Gasteiger partial charge >= 0.3 is 0 Å². The Kier molecular flexibility index (Phi) is 2.84. The molecule has 0 spiro atoms.